The zero-order valence-corrected chi connectivity index (χ0v) is 17.3. The van der Waals surface area contributed by atoms with E-state index in [0.29, 0.717) is 11.5 Å². The molecule has 1 aromatic carbocycles. The van der Waals surface area contributed by atoms with Gasteiger partial charge < -0.3 is 14.7 Å². The number of likely N-dealkylation sites (N-methyl/N-ethyl adjacent to an activating group) is 1. The van der Waals surface area contributed by atoms with Crippen LogP contribution in [-0.4, -0.2) is 67.0 Å². The summed E-state index contributed by atoms with van der Waals surface area (Å²) in [5.74, 6) is 1.34. The van der Waals surface area contributed by atoms with Gasteiger partial charge in [-0.1, -0.05) is 12.1 Å². The van der Waals surface area contributed by atoms with E-state index in [4.69, 9.17) is 0 Å². The van der Waals surface area contributed by atoms with Gasteiger partial charge in [-0.25, -0.2) is 9.37 Å². The van der Waals surface area contributed by atoms with Crippen LogP contribution >= 0.6 is 0 Å². The van der Waals surface area contributed by atoms with Crippen LogP contribution < -0.4 is 4.90 Å². The molecule has 0 saturated carbocycles. The number of carbonyl (C=O) groups is 1. The Balaban J connectivity index is 1.39. The third-order valence-electron chi connectivity index (χ3n) is 6.14. The van der Waals surface area contributed by atoms with Crippen molar-refractivity contribution in [2.45, 2.75) is 19.8 Å². The third-order valence-corrected chi connectivity index (χ3v) is 6.14. The Morgan fingerprint density at radius 2 is 1.93 bits per heavy atom. The van der Waals surface area contributed by atoms with Crippen molar-refractivity contribution in [3.63, 3.8) is 0 Å². The Bertz CT molecular complexity index is 879. The standard InChI is InChI=1S/C23H29FN4O/c1-17-13-18(3-4-21(17)24)14-19-6-8-28(16-19)22-15-20(5-7-25-22)23(29)27-11-9-26(2)10-12-27/h3-5,7,13,15,19H,6,8-12,14,16H2,1-2H3. The van der Waals surface area contributed by atoms with Gasteiger partial charge in [0.1, 0.15) is 11.6 Å². The molecule has 2 aliphatic rings. The first kappa shape index (κ1) is 19.8. The highest BCUT2D eigenvalue weighted by Crippen LogP contribution is 2.26. The van der Waals surface area contributed by atoms with Crippen LogP contribution in [0.25, 0.3) is 0 Å². The van der Waals surface area contributed by atoms with E-state index in [2.05, 4.69) is 21.8 Å². The lowest BCUT2D eigenvalue weighted by Gasteiger charge is -2.32. The van der Waals surface area contributed by atoms with Crippen LogP contribution in [-0.2, 0) is 6.42 Å². The van der Waals surface area contributed by atoms with Crippen LogP contribution in [0.3, 0.4) is 0 Å². The molecule has 0 aliphatic carbocycles. The monoisotopic (exact) mass is 396 g/mol. The van der Waals surface area contributed by atoms with Crippen LogP contribution in [0.1, 0.15) is 27.9 Å². The Labute approximate surface area is 172 Å². The molecule has 2 aromatic rings. The summed E-state index contributed by atoms with van der Waals surface area (Å²) in [6.07, 6.45) is 3.77. The third kappa shape index (κ3) is 4.58. The van der Waals surface area contributed by atoms with Gasteiger partial charge in [0.05, 0.1) is 0 Å². The Hall–Kier alpha value is -2.47. The van der Waals surface area contributed by atoms with E-state index in [1.54, 1.807) is 12.3 Å². The van der Waals surface area contributed by atoms with Gasteiger partial charge in [-0.2, -0.15) is 0 Å². The normalized spacial score (nSPS) is 20.3. The molecule has 2 fully saturated rings. The first-order valence-corrected chi connectivity index (χ1v) is 10.4. The number of amides is 1. The van der Waals surface area contributed by atoms with Gasteiger partial charge in [-0.3, -0.25) is 4.79 Å². The minimum Gasteiger partial charge on any atom is -0.356 e. The topological polar surface area (TPSA) is 39.7 Å². The molecule has 6 heteroatoms. The zero-order chi connectivity index (χ0) is 20.4. The molecule has 2 saturated heterocycles. The maximum absolute atomic E-state index is 13.5. The highest BCUT2D eigenvalue weighted by atomic mass is 19.1. The molecule has 4 rings (SSSR count). The zero-order valence-electron chi connectivity index (χ0n) is 17.3. The predicted octanol–water partition coefficient (Wildman–Crippen LogP) is 2.99. The van der Waals surface area contributed by atoms with Crippen molar-refractivity contribution in [3.05, 3.63) is 59.0 Å². The highest BCUT2D eigenvalue weighted by molar-refractivity contribution is 5.95. The number of halogens is 1. The summed E-state index contributed by atoms with van der Waals surface area (Å²) >= 11 is 0. The first-order chi connectivity index (χ1) is 14.0. The van der Waals surface area contributed by atoms with Crippen molar-refractivity contribution in [1.82, 2.24) is 14.8 Å². The second-order valence-electron chi connectivity index (χ2n) is 8.39. The van der Waals surface area contributed by atoms with Crippen molar-refractivity contribution in [1.29, 1.82) is 0 Å². The number of rotatable bonds is 4. The fourth-order valence-corrected chi connectivity index (χ4v) is 4.29. The number of piperazine rings is 1. The molecule has 1 atom stereocenters. The molecule has 5 nitrogen and oxygen atoms in total. The first-order valence-electron chi connectivity index (χ1n) is 10.4. The minimum atomic E-state index is -0.146. The van der Waals surface area contributed by atoms with Crippen LogP contribution in [0.15, 0.2) is 36.5 Å². The van der Waals surface area contributed by atoms with E-state index in [9.17, 15) is 9.18 Å². The van der Waals surface area contributed by atoms with Gasteiger partial charge in [0.15, 0.2) is 0 Å². The Kier molecular flexibility index (Phi) is 5.81. The highest BCUT2D eigenvalue weighted by Gasteiger charge is 2.25. The van der Waals surface area contributed by atoms with Crippen LogP contribution in [0.4, 0.5) is 10.2 Å². The van der Waals surface area contributed by atoms with E-state index < -0.39 is 0 Å². The summed E-state index contributed by atoms with van der Waals surface area (Å²) in [6.45, 7) is 7.04. The predicted molar refractivity (Wildman–Crippen MR) is 113 cm³/mol. The Morgan fingerprint density at radius 1 is 1.14 bits per heavy atom. The molecule has 3 heterocycles. The molecule has 0 radical (unpaired) electrons. The maximum Gasteiger partial charge on any atom is 0.254 e. The second kappa shape index (κ2) is 8.49. The van der Waals surface area contributed by atoms with Crippen molar-refractivity contribution >= 4 is 11.7 Å². The van der Waals surface area contributed by atoms with E-state index >= 15 is 0 Å². The van der Waals surface area contributed by atoms with Gasteiger partial charge in [-0.15, -0.1) is 0 Å². The summed E-state index contributed by atoms with van der Waals surface area (Å²) in [5.41, 5.74) is 2.61. The second-order valence-corrected chi connectivity index (χ2v) is 8.39. The quantitative estimate of drug-likeness (QED) is 0.797. The van der Waals surface area contributed by atoms with Gasteiger partial charge in [-0.05, 0) is 62.1 Å². The van der Waals surface area contributed by atoms with E-state index in [0.717, 1.165) is 63.5 Å². The lowest BCUT2D eigenvalue weighted by atomic mass is 9.97. The molecule has 2 aliphatic heterocycles. The molecule has 0 bridgehead atoms. The van der Waals surface area contributed by atoms with E-state index in [1.807, 2.05) is 36.1 Å². The number of benzene rings is 1. The number of nitrogens with zero attached hydrogens (tertiary/aromatic N) is 4. The SMILES string of the molecule is Cc1cc(CC2CCN(c3cc(C(=O)N4CCN(C)CC4)ccn3)C2)ccc1F. The van der Waals surface area contributed by atoms with E-state index in [-0.39, 0.29) is 11.7 Å². The average molecular weight is 397 g/mol. The molecule has 1 amide bonds. The molecule has 0 N–H and O–H groups in total. The largest absolute Gasteiger partial charge is 0.356 e. The summed E-state index contributed by atoms with van der Waals surface area (Å²) < 4.78 is 13.5. The number of aromatic nitrogens is 1. The van der Waals surface area contributed by atoms with Crippen molar-refractivity contribution < 1.29 is 9.18 Å². The maximum atomic E-state index is 13.5. The molecule has 0 spiro atoms. The van der Waals surface area contributed by atoms with Gasteiger partial charge in [0.2, 0.25) is 0 Å². The van der Waals surface area contributed by atoms with Crippen molar-refractivity contribution in [2.24, 2.45) is 5.92 Å². The average Bonchev–Trinajstić information content (AvgIpc) is 3.19. The lowest BCUT2D eigenvalue weighted by Crippen LogP contribution is -2.47. The summed E-state index contributed by atoms with van der Waals surface area (Å²) in [6, 6.07) is 9.15. The van der Waals surface area contributed by atoms with Gasteiger partial charge >= 0.3 is 0 Å². The number of pyridine rings is 1. The van der Waals surface area contributed by atoms with Crippen LogP contribution in [0.5, 0.6) is 0 Å². The molecule has 1 aromatic heterocycles. The molecule has 154 valence electrons. The van der Waals surface area contributed by atoms with Crippen LogP contribution in [0.2, 0.25) is 0 Å². The minimum absolute atomic E-state index is 0.0966. The number of hydrogen-bond acceptors (Lipinski definition) is 4. The number of aryl methyl sites for hydroxylation is 1. The summed E-state index contributed by atoms with van der Waals surface area (Å²) in [7, 11) is 2.09. The number of anilines is 1. The fourth-order valence-electron chi connectivity index (χ4n) is 4.29. The summed E-state index contributed by atoms with van der Waals surface area (Å²) in [5, 5.41) is 0. The Morgan fingerprint density at radius 3 is 2.69 bits per heavy atom. The van der Waals surface area contributed by atoms with Gasteiger partial charge in [0, 0.05) is 51.0 Å². The van der Waals surface area contributed by atoms with Crippen molar-refractivity contribution in [3.8, 4) is 0 Å². The number of hydrogen-bond donors (Lipinski definition) is 0. The smallest absolute Gasteiger partial charge is 0.254 e. The number of carbonyl (C=O) groups excluding carboxylic acids is 1. The lowest BCUT2D eigenvalue weighted by molar-refractivity contribution is 0.0664. The molecule has 1 unspecified atom stereocenters. The van der Waals surface area contributed by atoms with Gasteiger partial charge in [0.25, 0.3) is 5.91 Å². The molecular weight excluding hydrogens is 367 g/mol. The molecular formula is C23H29FN4O. The molecule has 29 heavy (non-hydrogen) atoms. The van der Waals surface area contributed by atoms with E-state index in [1.165, 1.54) is 5.56 Å². The van der Waals surface area contributed by atoms with Crippen LogP contribution in [0, 0.1) is 18.7 Å². The summed E-state index contributed by atoms with van der Waals surface area (Å²) in [4.78, 5) is 23.8. The fraction of sp³-hybridized carbons (Fsp3) is 0.478. The van der Waals surface area contributed by atoms with Crippen molar-refractivity contribution in [2.75, 3.05) is 51.2 Å².